The monoisotopic (exact) mass is 398 g/mol. The second kappa shape index (κ2) is 7.44. The predicted octanol–water partition coefficient (Wildman–Crippen LogP) is 3.52. The summed E-state index contributed by atoms with van der Waals surface area (Å²) in [6, 6.07) is 14.3. The van der Waals surface area contributed by atoms with Gasteiger partial charge in [0.2, 0.25) is 0 Å². The fourth-order valence-electron chi connectivity index (χ4n) is 2.37. The van der Waals surface area contributed by atoms with E-state index in [2.05, 4.69) is 20.9 Å². The van der Waals surface area contributed by atoms with E-state index in [9.17, 15) is 9.59 Å². The Balaban J connectivity index is 1.69. The molecule has 0 aliphatic carbocycles. The van der Waals surface area contributed by atoms with Crippen molar-refractivity contribution in [3.8, 4) is 0 Å². The second-order valence-electron chi connectivity index (χ2n) is 5.44. The highest BCUT2D eigenvalue weighted by molar-refractivity contribution is 9.10. The average molecular weight is 399 g/mol. The van der Waals surface area contributed by atoms with E-state index in [4.69, 9.17) is 4.74 Å². The number of halogens is 1. The van der Waals surface area contributed by atoms with Crippen LogP contribution in [0.1, 0.15) is 17.0 Å². The summed E-state index contributed by atoms with van der Waals surface area (Å²) in [5.41, 5.74) is 2.44. The van der Waals surface area contributed by atoms with E-state index in [1.165, 1.54) is 16.5 Å². The van der Waals surface area contributed by atoms with Gasteiger partial charge in [0.15, 0.2) is 0 Å². The number of hydrogen-bond donors (Lipinski definition) is 0. The third-order valence-corrected chi connectivity index (χ3v) is 4.11. The van der Waals surface area contributed by atoms with Gasteiger partial charge < -0.3 is 4.74 Å². The van der Waals surface area contributed by atoms with Crippen molar-refractivity contribution < 1.29 is 9.53 Å². The molecule has 2 heterocycles. The van der Waals surface area contributed by atoms with Crippen molar-refractivity contribution in [2.75, 3.05) is 0 Å². The summed E-state index contributed by atoms with van der Waals surface area (Å²) in [5.74, 6) is -0.492. The molecular weight excluding hydrogens is 384 g/mol. The standard InChI is InChI=1S/C19H15BrN2O3/c1-13-3-2-4-17-21-16(11-18(23)22(13)17)12-25-19(24)10-7-14-5-8-15(20)9-6-14/h2-11H,12H2,1H3/b10-7+. The first-order valence-electron chi connectivity index (χ1n) is 7.62. The SMILES string of the molecule is Cc1cccc2nc(COC(=O)/C=C/c3ccc(Br)cc3)cc(=O)n12. The number of pyridine rings is 1. The lowest BCUT2D eigenvalue weighted by Gasteiger charge is -2.06. The highest BCUT2D eigenvalue weighted by Crippen LogP contribution is 2.11. The highest BCUT2D eigenvalue weighted by Gasteiger charge is 2.06. The molecule has 0 fully saturated rings. The fourth-order valence-corrected chi connectivity index (χ4v) is 2.63. The Bertz CT molecular complexity index is 1010. The molecule has 25 heavy (non-hydrogen) atoms. The van der Waals surface area contributed by atoms with E-state index in [1.807, 2.05) is 43.3 Å². The minimum Gasteiger partial charge on any atom is -0.456 e. The predicted molar refractivity (Wildman–Crippen MR) is 99.2 cm³/mol. The third kappa shape index (κ3) is 4.22. The minimum absolute atomic E-state index is 0.0524. The van der Waals surface area contributed by atoms with Crippen molar-refractivity contribution in [2.45, 2.75) is 13.5 Å². The van der Waals surface area contributed by atoms with E-state index in [0.29, 0.717) is 11.3 Å². The molecule has 0 amide bonds. The van der Waals surface area contributed by atoms with Crippen LogP contribution < -0.4 is 5.56 Å². The highest BCUT2D eigenvalue weighted by atomic mass is 79.9. The molecule has 0 unspecified atom stereocenters. The van der Waals surface area contributed by atoms with Gasteiger partial charge in [0.05, 0.1) is 5.69 Å². The molecule has 126 valence electrons. The summed E-state index contributed by atoms with van der Waals surface area (Å²) >= 11 is 3.35. The normalized spacial score (nSPS) is 11.1. The molecule has 0 aliphatic rings. The molecule has 5 nitrogen and oxygen atoms in total. The molecule has 0 N–H and O–H groups in total. The van der Waals surface area contributed by atoms with E-state index < -0.39 is 5.97 Å². The number of fused-ring (bicyclic) bond motifs is 1. The van der Waals surface area contributed by atoms with Gasteiger partial charge in [-0.25, -0.2) is 9.78 Å². The Morgan fingerprint density at radius 3 is 2.76 bits per heavy atom. The molecule has 0 bridgehead atoms. The largest absolute Gasteiger partial charge is 0.456 e. The molecule has 3 aromatic rings. The van der Waals surface area contributed by atoms with Gasteiger partial charge in [-0.1, -0.05) is 34.1 Å². The zero-order valence-electron chi connectivity index (χ0n) is 13.5. The summed E-state index contributed by atoms with van der Waals surface area (Å²) in [6.45, 7) is 1.78. The van der Waals surface area contributed by atoms with Crippen LogP contribution in [0.4, 0.5) is 0 Å². The van der Waals surface area contributed by atoms with Gasteiger partial charge in [0.25, 0.3) is 5.56 Å². The van der Waals surface area contributed by atoms with Gasteiger partial charge in [-0.15, -0.1) is 0 Å². The molecule has 2 aromatic heterocycles. The molecule has 3 rings (SSSR count). The lowest BCUT2D eigenvalue weighted by atomic mass is 10.2. The van der Waals surface area contributed by atoms with Gasteiger partial charge in [-0.2, -0.15) is 0 Å². The van der Waals surface area contributed by atoms with E-state index >= 15 is 0 Å². The molecule has 0 saturated carbocycles. The molecule has 0 spiro atoms. The van der Waals surface area contributed by atoms with Gasteiger partial charge in [0.1, 0.15) is 12.3 Å². The second-order valence-corrected chi connectivity index (χ2v) is 6.35. The summed E-state index contributed by atoms with van der Waals surface area (Å²) in [6.07, 6.45) is 3.02. The fraction of sp³-hybridized carbons (Fsp3) is 0.105. The number of ether oxygens (including phenoxy) is 1. The van der Waals surface area contributed by atoms with E-state index in [-0.39, 0.29) is 12.2 Å². The number of aryl methyl sites for hydroxylation is 1. The summed E-state index contributed by atoms with van der Waals surface area (Å²) < 4.78 is 7.64. The third-order valence-electron chi connectivity index (χ3n) is 3.58. The first-order valence-corrected chi connectivity index (χ1v) is 8.41. The number of carbonyl (C=O) groups is 1. The maximum Gasteiger partial charge on any atom is 0.331 e. The number of esters is 1. The van der Waals surface area contributed by atoms with E-state index in [0.717, 1.165) is 15.7 Å². The maximum atomic E-state index is 12.2. The Morgan fingerprint density at radius 2 is 2.00 bits per heavy atom. The Morgan fingerprint density at radius 1 is 1.24 bits per heavy atom. The Hall–Kier alpha value is -2.73. The smallest absolute Gasteiger partial charge is 0.331 e. The summed E-state index contributed by atoms with van der Waals surface area (Å²) in [7, 11) is 0. The van der Waals surface area contributed by atoms with Crippen LogP contribution in [0.3, 0.4) is 0 Å². The first kappa shape index (κ1) is 17.1. The van der Waals surface area contributed by atoms with E-state index in [1.54, 1.807) is 12.1 Å². The first-order chi connectivity index (χ1) is 12.0. The lowest BCUT2D eigenvalue weighted by Crippen LogP contribution is -2.18. The number of aromatic nitrogens is 2. The zero-order chi connectivity index (χ0) is 17.8. The zero-order valence-corrected chi connectivity index (χ0v) is 15.1. The summed E-state index contributed by atoms with van der Waals surface area (Å²) in [5, 5.41) is 0. The maximum absolute atomic E-state index is 12.2. The number of rotatable bonds is 4. The van der Waals surface area contributed by atoms with Crippen molar-refractivity contribution in [3.63, 3.8) is 0 Å². The molecule has 6 heteroatoms. The average Bonchev–Trinajstić information content (AvgIpc) is 2.59. The lowest BCUT2D eigenvalue weighted by molar-refractivity contribution is -0.139. The van der Waals surface area contributed by atoms with Crippen LogP contribution in [0, 0.1) is 6.92 Å². The van der Waals surface area contributed by atoms with Crippen LogP contribution in [0.25, 0.3) is 11.7 Å². The number of nitrogens with zero attached hydrogens (tertiary/aromatic N) is 2. The molecular formula is C19H15BrN2O3. The van der Waals surface area contributed by atoms with Crippen LogP contribution >= 0.6 is 15.9 Å². The number of hydrogen-bond acceptors (Lipinski definition) is 4. The van der Waals surface area contributed by atoms with Crippen molar-refractivity contribution in [2.24, 2.45) is 0 Å². The van der Waals surface area contributed by atoms with Crippen molar-refractivity contribution in [1.29, 1.82) is 0 Å². The minimum atomic E-state index is -0.492. The van der Waals surface area contributed by atoms with Crippen LogP contribution in [0.15, 0.2) is 63.9 Å². The van der Waals surface area contributed by atoms with Crippen LogP contribution in [0.5, 0.6) is 0 Å². The Kier molecular flexibility index (Phi) is 5.09. The molecule has 0 atom stereocenters. The molecule has 0 saturated heterocycles. The molecule has 0 aliphatic heterocycles. The van der Waals surface area contributed by atoms with Crippen molar-refractivity contribution in [1.82, 2.24) is 9.38 Å². The number of carbonyl (C=O) groups excluding carboxylic acids is 1. The molecule has 1 aromatic carbocycles. The van der Waals surface area contributed by atoms with Crippen LogP contribution in [-0.4, -0.2) is 15.4 Å². The van der Waals surface area contributed by atoms with Crippen LogP contribution in [-0.2, 0) is 16.1 Å². The van der Waals surface area contributed by atoms with Crippen molar-refractivity contribution in [3.05, 3.63) is 86.4 Å². The molecule has 0 radical (unpaired) electrons. The van der Waals surface area contributed by atoms with Gasteiger partial charge in [0, 0.05) is 22.3 Å². The van der Waals surface area contributed by atoms with Crippen LogP contribution in [0.2, 0.25) is 0 Å². The van der Waals surface area contributed by atoms with Crippen molar-refractivity contribution >= 4 is 33.6 Å². The van der Waals surface area contributed by atoms with Gasteiger partial charge in [-0.05, 0) is 42.8 Å². The van der Waals surface area contributed by atoms with Gasteiger partial charge in [-0.3, -0.25) is 9.20 Å². The van der Waals surface area contributed by atoms with Gasteiger partial charge >= 0.3 is 5.97 Å². The number of benzene rings is 1. The quantitative estimate of drug-likeness (QED) is 0.498. The topological polar surface area (TPSA) is 60.7 Å². The Labute approximate surface area is 152 Å². The summed E-state index contributed by atoms with van der Waals surface area (Å²) in [4.78, 5) is 28.4.